The molecule has 0 radical (unpaired) electrons. The van der Waals surface area contributed by atoms with Crippen molar-refractivity contribution in [2.24, 2.45) is 0 Å². The van der Waals surface area contributed by atoms with Gasteiger partial charge in [-0.25, -0.2) is 4.39 Å². The molecule has 0 spiro atoms. The van der Waals surface area contributed by atoms with E-state index in [-0.39, 0.29) is 27.4 Å². The van der Waals surface area contributed by atoms with E-state index in [1.807, 2.05) is 0 Å². The van der Waals surface area contributed by atoms with Gasteiger partial charge in [-0.1, -0.05) is 27.5 Å². The SMILES string of the molecule is COc1c(F)cc(C(=O)CBr)cc1Cl. The summed E-state index contributed by atoms with van der Waals surface area (Å²) in [6.45, 7) is 0. The molecular weight excluding hydrogens is 274 g/mol. The van der Waals surface area contributed by atoms with Crippen LogP contribution in [0.2, 0.25) is 5.02 Å². The van der Waals surface area contributed by atoms with Gasteiger partial charge in [0.1, 0.15) is 0 Å². The van der Waals surface area contributed by atoms with E-state index in [2.05, 4.69) is 15.9 Å². The Hall–Kier alpha value is -0.610. The van der Waals surface area contributed by atoms with Gasteiger partial charge in [0.05, 0.1) is 17.5 Å². The highest BCUT2D eigenvalue weighted by Crippen LogP contribution is 2.29. The van der Waals surface area contributed by atoms with Crippen molar-refractivity contribution in [3.05, 3.63) is 28.5 Å². The standard InChI is InChI=1S/C9H7BrClFO2/c1-14-9-6(11)2-5(3-7(9)12)8(13)4-10/h2-3H,4H2,1H3. The lowest BCUT2D eigenvalue weighted by Crippen LogP contribution is -2.01. The molecule has 0 N–H and O–H groups in total. The van der Waals surface area contributed by atoms with E-state index in [1.165, 1.54) is 13.2 Å². The van der Waals surface area contributed by atoms with Crippen LogP contribution in [0.5, 0.6) is 5.75 Å². The zero-order valence-electron chi connectivity index (χ0n) is 7.31. The van der Waals surface area contributed by atoms with Crippen LogP contribution in [0, 0.1) is 5.82 Å². The van der Waals surface area contributed by atoms with Crippen LogP contribution in [-0.2, 0) is 0 Å². The summed E-state index contributed by atoms with van der Waals surface area (Å²) in [5.41, 5.74) is 0.227. The largest absolute Gasteiger partial charge is 0.492 e. The Morgan fingerprint density at radius 3 is 2.71 bits per heavy atom. The summed E-state index contributed by atoms with van der Waals surface area (Å²) < 4.78 is 17.9. The lowest BCUT2D eigenvalue weighted by Gasteiger charge is -2.06. The van der Waals surface area contributed by atoms with E-state index in [0.29, 0.717) is 0 Å². The first-order valence-electron chi connectivity index (χ1n) is 3.72. The van der Waals surface area contributed by atoms with E-state index in [9.17, 15) is 9.18 Å². The monoisotopic (exact) mass is 280 g/mol. The highest BCUT2D eigenvalue weighted by Gasteiger charge is 2.13. The molecule has 76 valence electrons. The molecule has 1 aromatic carbocycles. The van der Waals surface area contributed by atoms with Crippen LogP contribution in [-0.4, -0.2) is 18.2 Å². The fourth-order valence-electron chi connectivity index (χ4n) is 0.993. The molecule has 0 amide bonds. The summed E-state index contributed by atoms with van der Waals surface area (Å²) >= 11 is 8.69. The zero-order chi connectivity index (χ0) is 10.7. The van der Waals surface area contributed by atoms with Gasteiger partial charge in [-0.2, -0.15) is 0 Å². The predicted octanol–water partition coefficient (Wildman–Crippen LogP) is 3.07. The van der Waals surface area contributed by atoms with Crippen LogP contribution in [0.25, 0.3) is 0 Å². The maximum absolute atomic E-state index is 13.2. The highest BCUT2D eigenvalue weighted by molar-refractivity contribution is 9.09. The van der Waals surface area contributed by atoms with Crippen molar-refractivity contribution in [2.75, 3.05) is 12.4 Å². The summed E-state index contributed by atoms with van der Waals surface area (Å²) in [7, 11) is 1.32. The summed E-state index contributed by atoms with van der Waals surface area (Å²) in [5, 5.41) is 0.228. The molecule has 0 fully saturated rings. The van der Waals surface area contributed by atoms with E-state index in [4.69, 9.17) is 16.3 Å². The molecule has 0 heterocycles. The molecule has 0 unspecified atom stereocenters. The molecule has 0 saturated carbocycles. The Morgan fingerprint density at radius 2 is 2.29 bits per heavy atom. The Labute approximate surface area is 94.1 Å². The topological polar surface area (TPSA) is 26.3 Å². The number of hydrogen-bond acceptors (Lipinski definition) is 2. The number of methoxy groups -OCH3 is 1. The molecule has 0 bridgehead atoms. The van der Waals surface area contributed by atoms with Gasteiger partial charge in [0, 0.05) is 5.56 Å². The minimum absolute atomic E-state index is 0.0437. The number of benzene rings is 1. The summed E-state index contributed by atoms with van der Waals surface area (Å²) in [6.07, 6.45) is 0. The molecule has 0 aliphatic rings. The van der Waals surface area contributed by atoms with Gasteiger partial charge in [-0.05, 0) is 12.1 Å². The number of halogens is 3. The second kappa shape index (κ2) is 4.75. The van der Waals surface area contributed by atoms with Crippen molar-refractivity contribution < 1.29 is 13.9 Å². The quantitative estimate of drug-likeness (QED) is 0.629. The molecular formula is C9H7BrClFO2. The van der Waals surface area contributed by atoms with Crippen molar-refractivity contribution in [1.82, 2.24) is 0 Å². The van der Waals surface area contributed by atoms with Gasteiger partial charge < -0.3 is 4.74 Å². The number of rotatable bonds is 3. The highest BCUT2D eigenvalue weighted by atomic mass is 79.9. The summed E-state index contributed by atoms with van der Waals surface area (Å²) in [4.78, 5) is 11.2. The van der Waals surface area contributed by atoms with Gasteiger partial charge >= 0.3 is 0 Å². The van der Waals surface area contributed by atoms with Crippen molar-refractivity contribution in [1.29, 1.82) is 0 Å². The zero-order valence-corrected chi connectivity index (χ0v) is 9.65. The number of hydrogen-bond donors (Lipinski definition) is 0. The number of carbonyl (C=O) groups is 1. The number of Topliss-reactive ketones (excluding diaryl/α,β-unsaturated/α-hetero) is 1. The molecule has 5 heteroatoms. The van der Waals surface area contributed by atoms with Gasteiger partial charge in [0.25, 0.3) is 0 Å². The maximum Gasteiger partial charge on any atom is 0.173 e. The van der Waals surface area contributed by atoms with E-state index >= 15 is 0 Å². The van der Waals surface area contributed by atoms with E-state index in [1.54, 1.807) is 0 Å². The first-order chi connectivity index (χ1) is 6.60. The average molecular weight is 282 g/mol. The molecule has 1 rings (SSSR count). The normalized spacial score (nSPS) is 10.0. The van der Waals surface area contributed by atoms with Crippen LogP contribution in [0.3, 0.4) is 0 Å². The van der Waals surface area contributed by atoms with Crippen molar-refractivity contribution >= 4 is 33.3 Å². The second-order valence-corrected chi connectivity index (χ2v) is 3.50. The number of ketones is 1. The fraction of sp³-hybridized carbons (Fsp3) is 0.222. The Kier molecular flexibility index (Phi) is 3.89. The third-order valence-electron chi connectivity index (χ3n) is 1.65. The van der Waals surface area contributed by atoms with Crippen LogP contribution in [0.15, 0.2) is 12.1 Å². The lowest BCUT2D eigenvalue weighted by atomic mass is 10.1. The molecule has 2 nitrogen and oxygen atoms in total. The van der Waals surface area contributed by atoms with Crippen LogP contribution < -0.4 is 4.74 Å². The van der Waals surface area contributed by atoms with Crippen LogP contribution in [0.1, 0.15) is 10.4 Å². The predicted molar refractivity (Wildman–Crippen MR) is 56.1 cm³/mol. The fourth-order valence-corrected chi connectivity index (χ4v) is 1.60. The smallest absolute Gasteiger partial charge is 0.173 e. The van der Waals surface area contributed by atoms with Gasteiger partial charge in [0.15, 0.2) is 17.3 Å². The van der Waals surface area contributed by atoms with Gasteiger partial charge in [-0.15, -0.1) is 0 Å². The Bertz CT molecular complexity index is 345. The maximum atomic E-state index is 13.2. The molecule has 0 aliphatic heterocycles. The van der Waals surface area contributed by atoms with E-state index < -0.39 is 5.82 Å². The molecule has 1 aromatic rings. The van der Waals surface area contributed by atoms with Crippen molar-refractivity contribution in [3.8, 4) is 5.75 Å². The van der Waals surface area contributed by atoms with Crippen LogP contribution in [0.4, 0.5) is 4.39 Å². The summed E-state index contributed by atoms with van der Waals surface area (Å²) in [6, 6.07) is 2.49. The molecule has 0 aromatic heterocycles. The van der Waals surface area contributed by atoms with Gasteiger partial charge in [-0.3, -0.25) is 4.79 Å². The van der Waals surface area contributed by atoms with Crippen molar-refractivity contribution in [3.63, 3.8) is 0 Å². The van der Waals surface area contributed by atoms with Gasteiger partial charge in [0.2, 0.25) is 0 Å². The van der Waals surface area contributed by atoms with Crippen molar-refractivity contribution in [2.45, 2.75) is 0 Å². The first kappa shape index (κ1) is 11.5. The lowest BCUT2D eigenvalue weighted by molar-refractivity contribution is 0.102. The molecule has 0 saturated heterocycles. The minimum atomic E-state index is -0.635. The first-order valence-corrected chi connectivity index (χ1v) is 5.22. The second-order valence-electron chi connectivity index (χ2n) is 2.53. The number of alkyl halides is 1. The van der Waals surface area contributed by atoms with E-state index in [0.717, 1.165) is 6.07 Å². The number of carbonyl (C=O) groups excluding carboxylic acids is 1. The third-order valence-corrected chi connectivity index (χ3v) is 2.44. The Balaban J connectivity index is 3.20. The third kappa shape index (κ3) is 2.25. The Morgan fingerprint density at radius 1 is 1.64 bits per heavy atom. The number of ether oxygens (including phenoxy) is 1. The summed E-state index contributed by atoms with van der Waals surface area (Å²) in [5.74, 6) is -0.907. The minimum Gasteiger partial charge on any atom is -0.492 e. The molecule has 14 heavy (non-hydrogen) atoms. The molecule has 0 aliphatic carbocycles. The van der Waals surface area contributed by atoms with Crippen LogP contribution >= 0.6 is 27.5 Å². The average Bonchev–Trinajstić information content (AvgIpc) is 2.16. The molecule has 0 atom stereocenters.